The van der Waals surface area contributed by atoms with Crippen molar-refractivity contribution in [3.05, 3.63) is 29.3 Å². The second-order valence-electron chi connectivity index (χ2n) is 5.88. The molecule has 4 unspecified atom stereocenters. The zero-order valence-corrected chi connectivity index (χ0v) is 13.2. The van der Waals surface area contributed by atoms with E-state index < -0.39 is 29.7 Å². The van der Waals surface area contributed by atoms with Gasteiger partial charge in [0.1, 0.15) is 17.9 Å². The van der Waals surface area contributed by atoms with Crippen molar-refractivity contribution in [3.63, 3.8) is 0 Å². The topological polar surface area (TPSA) is 85.6 Å². The molecule has 2 aliphatic rings. The number of carbonyl (C=O) groups is 2. The monoisotopic (exact) mass is 315 g/mol. The number of esters is 1. The number of Topliss-reactive ketones (excluding diaryl/α,β-unsaturated/α-hetero) is 1. The second-order valence-corrected chi connectivity index (χ2v) is 5.88. The van der Waals surface area contributed by atoms with Crippen LogP contribution in [-0.2, 0) is 19.9 Å². The Kier molecular flexibility index (Phi) is 3.61. The van der Waals surface area contributed by atoms with Gasteiger partial charge in [-0.3, -0.25) is 4.79 Å². The lowest BCUT2D eigenvalue weighted by molar-refractivity contribution is -0.158. The zero-order valence-electron chi connectivity index (χ0n) is 13.2. The molecule has 0 radical (unpaired) electrons. The first-order valence-electron chi connectivity index (χ1n) is 7.45. The van der Waals surface area contributed by atoms with Crippen molar-refractivity contribution in [2.24, 2.45) is 5.92 Å². The van der Waals surface area contributed by atoms with Crippen molar-refractivity contribution in [2.75, 3.05) is 7.11 Å². The van der Waals surface area contributed by atoms with Crippen molar-refractivity contribution in [1.82, 2.24) is 0 Å². The first-order valence-corrected chi connectivity index (χ1v) is 7.45. The predicted molar refractivity (Wildman–Crippen MR) is 78.8 cm³/mol. The van der Waals surface area contributed by atoms with Crippen molar-refractivity contribution >= 4 is 11.8 Å². The fourth-order valence-corrected chi connectivity index (χ4v) is 3.45. The summed E-state index contributed by atoms with van der Waals surface area (Å²) in [5.41, 5.74) is -0.893. The maximum Gasteiger partial charge on any atom is 0.340 e. The highest BCUT2D eigenvalue weighted by Gasteiger charge is 2.57. The largest absolute Gasteiger partial charge is 0.496 e. The molecule has 1 saturated heterocycles. The Labute approximate surface area is 133 Å². The summed E-state index contributed by atoms with van der Waals surface area (Å²) < 4.78 is 16.5. The summed E-state index contributed by atoms with van der Waals surface area (Å²) in [5, 5.41) is 9.87. The molecule has 23 heavy (non-hydrogen) atoms. The molecule has 2 aliphatic heterocycles. The molecule has 0 aliphatic carbocycles. The number of fused-ring (bicyclic) bond motifs is 1. The summed E-state index contributed by atoms with van der Waals surface area (Å²) in [6.45, 7) is 3.47. The van der Waals surface area contributed by atoms with E-state index in [4.69, 9.17) is 14.2 Å². The summed E-state index contributed by atoms with van der Waals surface area (Å²) >= 11 is 0. The number of ether oxygens (including phenoxy) is 3. The van der Waals surface area contributed by atoms with Gasteiger partial charge in [-0.15, -0.1) is 0 Å². The third-order valence-electron chi connectivity index (χ3n) is 4.64. The number of carbonyl (C=O) groups excluding carboxylic acids is 2. The number of nitriles is 1. The van der Waals surface area contributed by atoms with Gasteiger partial charge < -0.3 is 14.2 Å². The smallest absolute Gasteiger partial charge is 0.340 e. The zero-order chi connectivity index (χ0) is 16.8. The predicted octanol–water partition coefficient (Wildman–Crippen LogP) is 1.97. The van der Waals surface area contributed by atoms with Gasteiger partial charge in [0.2, 0.25) is 5.60 Å². The van der Waals surface area contributed by atoms with Crippen LogP contribution in [0.4, 0.5) is 0 Å². The molecule has 2 heterocycles. The standard InChI is InChI=1S/C17H17NO5/c1-9-12(7-13(19)10(2)22-9)17(8-18)15-11(16(20)23-17)5-4-6-14(15)21-3/h4-6,9-10,12H,7H2,1-3H3. The van der Waals surface area contributed by atoms with Gasteiger partial charge in [-0.05, 0) is 26.0 Å². The SMILES string of the molecule is COc1cccc2c1C(C#N)(C1CC(=O)C(C)OC1C)OC2=O. The van der Waals surface area contributed by atoms with E-state index in [0.29, 0.717) is 16.9 Å². The minimum atomic E-state index is -1.58. The fourth-order valence-electron chi connectivity index (χ4n) is 3.45. The van der Waals surface area contributed by atoms with Crippen molar-refractivity contribution < 1.29 is 23.8 Å². The average molecular weight is 315 g/mol. The highest BCUT2D eigenvalue weighted by molar-refractivity contribution is 5.96. The molecular weight excluding hydrogens is 298 g/mol. The van der Waals surface area contributed by atoms with E-state index in [1.807, 2.05) is 0 Å². The highest BCUT2D eigenvalue weighted by atomic mass is 16.6. The lowest BCUT2D eigenvalue weighted by atomic mass is 9.74. The first-order chi connectivity index (χ1) is 10.9. The number of rotatable bonds is 2. The Morgan fingerprint density at radius 2 is 2.09 bits per heavy atom. The Morgan fingerprint density at radius 3 is 2.74 bits per heavy atom. The Hall–Kier alpha value is -2.39. The van der Waals surface area contributed by atoms with E-state index in [9.17, 15) is 14.9 Å². The van der Waals surface area contributed by atoms with E-state index in [1.165, 1.54) is 7.11 Å². The van der Waals surface area contributed by atoms with Gasteiger partial charge in [-0.2, -0.15) is 5.26 Å². The normalized spacial score (nSPS) is 32.9. The molecule has 0 spiro atoms. The molecule has 120 valence electrons. The van der Waals surface area contributed by atoms with Crippen molar-refractivity contribution in [1.29, 1.82) is 5.26 Å². The van der Waals surface area contributed by atoms with E-state index in [2.05, 4.69) is 6.07 Å². The summed E-state index contributed by atoms with van der Waals surface area (Å²) in [7, 11) is 1.47. The third kappa shape index (κ3) is 2.12. The van der Waals surface area contributed by atoms with Crippen LogP contribution in [0.3, 0.4) is 0 Å². The maximum absolute atomic E-state index is 12.2. The van der Waals surface area contributed by atoms with E-state index >= 15 is 0 Å². The van der Waals surface area contributed by atoms with Crippen molar-refractivity contribution in [2.45, 2.75) is 38.1 Å². The van der Waals surface area contributed by atoms with E-state index in [1.54, 1.807) is 32.0 Å². The maximum atomic E-state index is 12.2. The molecule has 6 nitrogen and oxygen atoms in total. The van der Waals surface area contributed by atoms with Gasteiger partial charge >= 0.3 is 5.97 Å². The van der Waals surface area contributed by atoms with Crippen LogP contribution >= 0.6 is 0 Å². The minimum Gasteiger partial charge on any atom is -0.496 e. The second kappa shape index (κ2) is 5.36. The summed E-state index contributed by atoms with van der Waals surface area (Å²) in [4.78, 5) is 24.4. The molecule has 1 fully saturated rings. The summed E-state index contributed by atoms with van der Waals surface area (Å²) in [5.74, 6) is -0.883. The van der Waals surface area contributed by atoms with E-state index in [-0.39, 0.29) is 12.2 Å². The number of hydrogen-bond acceptors (Lipinski definition) is 6. The number of methoxy groups -OCH3 is 1. The molecule has 0 amide bonds. The van der Waals surface area contributed by atoms with Gasteiger partial charge in [0.25, 0.3) is 0 Å². The summed E-state index contributed by atoms with van der Waals surface area (Å²) in [6.07, 6.45) is -0.821. The lowest BCUT2D eigenvalue weighted by Gasteiger charge is -2.39. The van der Waals surface area contributed by atoms with Crippen LogP contribution in [0.1, 0.15) is 36.2 Å². The van der Waals surface area contributed by atoms with Gasteiger partial charge in [0, 0.05) is 6.42 Å². The average Bonchev–Trinajstić information content (AvgIpc) is 2.84. The van der Waals surface area contributed by atoms with Crippen LogP contribution in [0.5, 0.6) is 5.75 Å². The lowest BCUT2D eigenvalue weighted by Crippen LogP contribution is -2.49. The van der Waals surface area contributed by atoms with Gasteiger partial charge in [-0.1, -0.05) is 6.07 Å². The van der Waals surface area contributed by atoms with Crippen LogP contribution in [0.15, 0.2) is 18.2 Å². The van der Waals surface area contributed by atoms with Crippen LogP contribution in [-0.4, -0.2) is 31.1 Å². The van der Waals surface area contributed by atoms with Crippen LogP contribution in [0.25, 0.3) is 0 Å². The molecule has 6 heteroatoms. The molecule has 0 aromatic heterocycles. The number of hydrogen-bond donors (Lipinski definition) is 0. The molecular formula is C17H17NO5. The number of nitrogens with zero attached hydrogens (tertiary/aromatic N) is 1. The molecule has 1 aromatic rings. The van der Waals surface area contributed by atoms with Gasteiger partial charge in [0.05, 0.1) is 30.3 Å². The van der Waals surface area contributed by atoms with Crippen LogP contribution in [0, 0.1) is 17.2 Å². The third-order valence-corrected chi connectivity index (χ3v) is 4.64. The molecule has 0 N–H and O–H groups in total. The number of cyclic esters (lactones) is 1. The van der Waals surface area contributed by atoms with E-state index in [0.717, 1.165) is 0 Å². The minimum absolute atomic E-state index is 0.109. The van der Waals surface area contributed by atoms with Gasteiger partial charge in [-0.25, -0.2) is 4.79 Å². The Balaban J connectivity index is 2.16. The molecule has 1 aromatic carbocycles. The number of ketones is 1. The quantitative estimate of drug-likeness (QED) is 0.776. The fraction of sp³-hybridized carbons (Fsp3) is 0.471. The van der Waals surface area contributed by atoms with Crippen molar-refractivity contribution in [3.8, 4) is 11.8 Å². The Bertz CT molecular complexity index is 722. The molecule has 0 bridgehead atoms. The number of benzene rings is 1. The summed E-state index contributed by atoms with van der Waals surface area (Å²) in [6, 6.07) is 7.05. The van der Waals surface area contributed by atoms with Crippen LogP contribution < -0.4 is 4.74 Å². The molecule has 4 atom stereocenters. The molecule has 0 saturated carbocycles. The highest BCUT2D eigenvalue weighted by Crippen LogP contribution is 2.50. The first kappa shape index (κ1) is 15.5. The molecule has 3 rings (SSSR count). The van der Waals surface area contributed by atoms with Gasteiger partial charge in [0.15, 0.2) is 5.78 Å². The van der Waals surface area contributed by atoms with Crippen LogP contribution in [0.2, 0.25) is 0 Å². The Morgan fingerprint density at radius 1 is 1.35 bits per heavy atom.